The summed E-state index contributed by atoms with van der Waals surface area (Å²) in [4.78, 5) is 10.2. The zero-order valence-electron chi connectivity index (χ0n) is 12.1. The predicted octanol–water partition coefficient (Wildman–Crippen LogP) is 3.80. The summed E-state index contributed by atoms with van der Waals surface area (Å²) < 4.78 is 0. The first-order chi connectivity index (χ1) is 9.31. The van der Waals surface area contributed by atoms with E-state index in [4.69, 9.17) is 0 Å². The first-order valence-corrected chi connectivity index (χ1v) is 8.34. The minimum Gasteiger partial charge on any atom is -0.344 e. The Morgan fingerprint density at radius 1 is 1.37 bits per heavy atom. The molecule has 0 bridgehead atoms. The van der Waals surface area contributed by atoms with E-state index < -0.39 is 0 Å². The van der Waals surface area contributed by atoms with E-state index in [9.17, 15) is 0 Å². The molecule has 0 saturated carbocycles. The summed E-state index contributed by atoms with van der Waals surface area (Å²) in [5.74, 6) is 1.18. The molecule has 0 fully saturated rings. The molecule has 0 spiro atoms. The van der Waals surface area contributed by atoms with E-state index in [0.29, 0.717) is 0 Å². The van der Waals surface area contributed by atoms with Gasteiger partial charge in [0.1, 0.15) is 5.03 Å². The summed E-state index contributed by atoms with van der Waals surface area (Å²) in [7, 11) is 2.18. The van der Waals surface area contributed by atoms with Crippen LogP contribution in [0.4, 0.5) is 0 Å². The molecule has 0 aliphatic carbocycles. The van der Waals surface area contributed by atoms with Crippen LogP contribution in [0.3, 0.4) is 0 Å². The van der Waals surface area contributed by atoms with Crippen LogP contribution in [-0.2, 0) is 0 Å². The van der Waals surface area contributed by atoms with Gasteiger partial charge >= 0.3 is 0 Å². The van der Waals surface area contributed by atoms with Crippen LogP contribution >= 0.6 is 11.8 Å². The van der Waals surface area contributed by atoms with Crippen molar-refractivity contribution < 1.29 is 0 Å². The third-order valence-corrected chi connectivity index (χ3v) is 4.58. The van der Waals surface area contributed by atoms with Gasteiger partial charge in [-0.1, -0.05) is 32.3 Å². The van der Waals surface area contributed by atoms with Crippen LogP contribution in [0.5, 0.6) is 0 Å². The zero-order chi connectivity index (χ0) is 13.5. The number of hydrogen-bond donors (Lipinski definition) is 1. The monoisotopic (exact) mass is 279 g/mol. The number of aromatic nitrogens is 2. The minimum absolute atomic E-state index is 1.03. The number of aromatic amines is 1. The third-order valence-electron chi connectivity index (χ3n) is 3.50. The Kier molecular flexibility index (Phi) is 5.98. The summed E-state index contributed by atoms with van der Waals surface area (Å²) in [5, 5.41) is 1.18. The van der Waals surface area contributed by atoms with E-state index in [2.05, 4.69) is 34.9 Å². The SMILES string of the molecule is CCCCCCSc1nc[nH]c1C1=CCCN(C)C1. The van der Waals surface area contributed by atoms with Crippen LogP contribution in [0.25, 0.3) is 5.57 Å². The van der Waals surface area contributed by atoms with Gasteiger partial charge in [0.05, 0.1) is 12.0 Å². The van der Waals surface area contributed by atoms with Crippen molar-refractivity contribution in [2.24, 2.45) is 0 Å². The second-order valence-electron chi connectivity index (χ2n) is 5.25. The summed E-state index contributed by atoms with van der Waals surface area (Å²) >= 11 is 1.90. The molecule has 1 aliphatic heterocycles. The molecule has 0 atom stereocenters. The predicted molar refractivity (Wildman–Crippen MR) is 83.5 cm³/mol. The molecule has 0 unspecified atom stereocenters. The standard InChI is InChI=1S/C15H25N3S/c1-3-4-5-6-10-19-15-14(16-12-17-15)13-8-7-9-18(2)11-13/h8,12H,3-7,9-11H2,1-2H3,(H,16,17). The highest BCUT2D eigenvalue weighted by atomic mass is 32.2. The molecule has 1 N–H and O–H groups in total. The Balaban J connectivity index is 1.88. The highest BCUT2D eigenvalue weighted by Gasteiger charge is 2.15. The van der Waals surface area contributed by atoms with Crippen LogP contribution in [0, 0.1) is 0 Å². The van der Waals surface area contributed by atoms with Gasteiger partial charge in [0.25, 0.3) is 0 Å². The lowest BCUT2D eigenvalue weighted by atomic mass is 10.1. The number of nitrogens with one attached hydrogen (secondary N) is 1. The Hall–Kier alpha value is -0.740. The molecule has 19 heavy (non-hydrogen) atoms. The van der Waals surface area contributed by atoms with Crippen LogP contribution < -0.4 is 0 Å². The van der Waals surface area contributed by atoms with Gasteiger partial charge in [-0.2, -0.15) is 0 Å². The summed E-state index contributed by atoms with van der Waals surface area (Å²) in [6.07, 6.45) is 10.6. The maximum atomic E-state index is 4.48. The van der Waals surface area contributed by atoms with E-state index in [1.807, 2.05) is 18.1 Å². The quantitative estimate of drug-likeness (QED) is 0.608. The Bertz CT molecular complexity index is 411. The minimum atomic E-state index is 1.03. The zero-order valence-corrected chi connectivity index (χ0v) is 12.9. The van der Waals surface area contributed by atoms with Crippen molar-refractivity contribution in [1.29, 1.82) is 0 Å². The van der Waals surface area contributed by atoms with Crippen molar-refractivity contribution in [2.75, 3.05) is 25.9 Å². The van der Waals surface area contributed by atoms with Crippen LogP contribution in [0.15, 0.2) is 17.4 Å². The van der Waals surface area contributed by atoms with Gasteiger partial charge in [0.2, 0.25) is 0 Å². The number of likely N-dealkylation sites (N-methyl/N-ethyl adjacent to an activating group) is 1. The van der Waals surface area contributed by atoms with Gasteiger partial charge in [-0.25, -0.2) is 4.98 Å². The first kappa shape index (κ1) is 14.7. The molecule has 106 valence electrons. The molecule has 1 aromatic heterocycles. The van der Waals surface area contributed by atoms with E-state index in [-0.39, 0.29) is 0 Å². The number of hydrogen-bond acceptors (Lipinski definition) is 3. The fraction of sp³-hybridized carbons (Fsp3) is 0.667. The summed E-state index contributed by atoms with van der Waals surface area (Å²) in [6, 6.07) is 0. The third kappa shape index (κ3) is 4.39. The van der Waals surface area contributed by atoms with Crippen molar-refractivity contribution >= 4 is 17.3 Å². The van der Waals surface area contributed by atoms with Gasteiger partial charge < -0.3 is 9.88 Å². The number of imidazole rings is 1. The fourth-order valence-electron chi connectivity index (χ4n) is 2.39. The number of nitrogens with zero attached hydrogens (tertiary/aromatic N) is 2. The number of unbranched alkanes of at least 4 members (excludes halogenated alkanes) is 3. The smallest absolute Gasteiger partial charge is 0.122 e. The highest BCUT2D eigenvalue weighted by Crippen LogP contribution is 2.28. The Morgan fingerprint density at radius 2 is 2.26 bits per heavy atom. The lowest BCUT2D eigenvalue weighted by Gasteiger charge is -2.22. The number of H-pyrrole nitrogens is 1. The maximum Gasteiger partial charge on any atom is 0.122 e. The largest absolute Gasteiger partial charge is 0.344 e. The van der Waals surface area contributed by atoms with E-state index >= 15 is 0 Å². The van der Waals surface area contributed by atoms with Crippen LogP contribution in [-0.4, -0.2) is 40.8 Å². The van der Waals surface area contributed by atoms with E-state index in [1.165, 1.54) is 47.7 Å². The van der Waals surface area contributed by atoms with Crippen molar-refractivity contribution in [2.45, 2.75) is 44.1 Å². The molecule has 1 aromatic rings. The second kappa shape index (κ2) is 7.75. The summed E-state index contributed by atoms with van der Waals surface area (Å²) in [6.45, 7) is 4.45. The molecule has 0 radical (unpaired) electrons. The number of thioether (sulfide) groups is 1. The average molecular weight is 279 g/mol. The lowest BCUT2D eigenvalue weighted by Crippen LogP contribution is -2.25. The van der Waals surface area contributed by atoms with Gasteiger partial charge in [0.15, 0.2) is 0 Å². The van der Waals surface area contributed by atoms with Gasteiger partial charge in [-0.3, -0.25) is 0 Å². The van der Waals surface area contributed by atoms with E-state index in [0.717, 1.165) is 19.5 Å². The molecular weight excluding hydrogens is 254 g/mol. The Labute approximate surface area is 120 Å². The second-order valence-corrected chi connectivity index (χ2v) is 6.33. The van der Waals surface area contributed by atoms with Gasteiger partial charge in [0, 0.05) is 13.1 Å². The van der Waals surface area contributed by atoms with E-state index in [1.54, 1.807) is 0 Å². The summed E-state index contributed by atoms with van der Waals surface area (Å²) in [5.41, 5.74) is 2.65. The Morgan fingerprint density at radius 3 is 3.05 bits per heavy atom. The molecule has 4 heteroatoms. The molecule has 3 nitrogen and oxygen atoms in total. The highest BCUT2D eigenvalue weighted by molar-refractivity contribution is 7.99. The molecule has 1 aliphatic rings. The molecule has 0 aromatic carbocycles. The van der Waals surface area contributed by atoms with Crippen molar-refractivity contribution in [3.63, 3.8) is 0 Å². The fourth-order valence-corrected chi connectivity index (χ4v) is 3.40. The average Bonchev–Trinajstić information content (AvgIpc) is 2.87. The molecule has 2 heterocycles. The van der Waals surface area contributed by atoms with Gasteiger partial charge in [-0.05, 0) is 31.2 Å². The van der Waals surface area contributed by atoms with Crippen molar-refractivity contribution in [1.82, 2.24) is 14.9 Å². The molecular formula is C15H25N3S. The topological polar surface area (TPSA) is 31.9 Å². The normalized spacial score (nSPS) is 16.6. The van der Waals surface area contributed by atoms with Crippen LogP contribution in [0.1, 0.15) is 44.7 Å². The lowest BCUT2D eigenvalue weighted by molar-refractivity contribution is 0.372. The van der Waals surface area contributed by atoms with Crippen molar-refractivity contribution in [3.8, 4) is 0 Å². The number of rotatable bonds is 7. The molecule has 0 saturated heterocycles. The first-order valence-electron chi connectivity index (χ1n) is 7.35. The maximum absolute atomic E-state index is 4.48. The molecule has 0 amide bonds. The van der Waals surface area contributed by atoms with Crippen LogP contribution in [0.2, 0.25) is 0 Å². The van der Waals surface area contributed by atoms with Crippen molar-refractivity contribution in [3.05, 3.63) is 18.1 Å². The molecule has 2 rings (SSSR count). The van der Waals surface area contributed by atoms with Gasteiger partial charge in [-0.15, -0.1) is 11.8 Å².